The number of aliphatic carboxylic acids is 1. The molecule has 0 heterocycles. The van der Waals surface area contributed by atoms with Crippen LogP contribution in [0.15, 0.2) is 0 Å². The summed E-state index contributed by atoms with van der Waals surface area (Å²) in [5, 5.41) is 10.2. The van der Waals surface area contributed by atoms with E-state index in [-0.39, 0.29) is 0 Å². The molecule has 1 atom stereocenters. The first-order valence-electron chi connectivity index (χ1n) is 4.28. The monoisotopic (exact) mass is 202 g/mol. The molecule has 6 heteroatoms. The Labute approximate surface area is 81.5 Å². The number of amides is 1. The van der Waals surface area contributed by atoms with Gasteiger partial charge in [0.05, 0.1) is 6.04 Å². The lowest BCUT2D eigenvalue weighted by atomic mass is 10.1. The van der Waals surface area contributed by atoms with Crippen molar-refractivity contribution in [1.29, 1.82) is 0 Å². The molecule has 0 aromatic rings. The first-order chi connectivity index (χ1) is 6.49. The Balaban J connectivity index is 3.99. The summed E-state index contributed by atoms with van der Waals surface area (Å²) in [5.74, 6) is -2.91. The van der Waals surface area contributed by atoms with Gasteiger partial charge in [0.15, 0.2) is 0 Å². The molecule has 1 amide bonds. The number of hydrogen-bond donors (Lipinski definition) is 3. The van der Waals surface area contributed by atoms with E-state index in [1.54, 1.807) is 0 Å². The van der Waals surface area contributed by atoms with Crippen LogP contribution >= 0.6 is 0 Å². The fraction of sp³-hybridized carbons (Fsp3) is 0.625. The van der Waals surface area contributed by atoms with Crippen molar-refractivity contribution < 1.29 is 19.5 Å². The Morgan fingerprint density at radius 3 is 2.43 bits per heavy atom. The van der Waals surface area contributed by atoms with Gasteiger partial charge in [0.25, 0.3) is 5.91 Å². The van der Waals surface area contributed by atoms with Crippen LogP contribution in [0.1, 0.15) is 19.8 Å². The van der Waals surface area contributed by atoms with Gasteiger partial charge < -0.3 is 16.2 Å². The number of rotatable bonds is 6. The van der Waals surface area contributed by atoms with E-state index in [1.165, 1.54) is 0 Å². The number of carboxylic acid groups (broad SMARTS) is 1. The van der Waals surface area contributed by atoms with Crippen molar-refractivity contribution in [3.63, 3.8) is 0 Å². The standard InChI is InChI=1S/C8H14N2O4/c1-2-3-5(9)7(13)8(14)10-4-6(11)12/h5H,2-4,9H2,1H3,(H,10,14)(H,11,12). The van der Waals surface area contributed by atoms with Crippen LogP contribution in [0.4, 0.5) is 0 Å². The summed E-state index contributed by atoms with van der Waals surface area (Å²) < 4.78 is 0. The molecule has 0 aliphatic heterocycles. The number of hydrogen-bond acceptors (Lipinski definition) is 4. The lowest BCUT2D eigenvalue weighted by Crippen LogP contribution is -2.43. The van der Waals surface area contributed by atoms with E-state index in [1.807, 2.05) is 12.2 Å². The predicted octanol–water partition coefficient (Wildman–Crippen LogP) is -1.12. The van der Waals surface area contributed by atoms with Gasteiger partial charge in [-0.3, -0.25) is 14.4 Å². The molecule has 0 bridgehead atoms. The number of carbonyl (C=O) groups is 3. The summed E-state index contributed by atoms with van der Waals surface area (Å²) >= 11 is 0. The molecule has 0 aliphatic carbocycles. The Hall–Kier alpha value is -1.43. The van der Waals surface area contributed by atoms with E-state index >= 15 is 0 Å². The molecule has 0 saturated heterocycles. The van der Waals surface area contributed by atoms with Crippen molar-refractivity contribution in [2.45, 2.75) is 25.8 Å². The summed E-state index contributed by atoms with van der Waals surface area (Å²) in [6.45, 7) is 1.27. The molecule has 0 aliphatic rings. The van der Waals surface area contributed by atoms with Crippen LogP contribution in [0.25, 0.3) is 0 Å². The Morgan fingerprint density at radius 1 is 1.43 bits per heavy atom. The van der Waals surface area contributed by atoms with Gasteiger partial charge in [0.2, 0.25) is 5.78 Å². The lowest BCUT2D eigenvalue weighted by molar-refractivity contribution is -0.141. The topological polar surface area (TPSA) is 109 Å². The second kappa shape index (κ2) is 6.09. The van der Waals surface area contributed by atoms with Crippen LogP contribution in [0.2, 0.25) is 0 Å². The minimum Gasteiger partial charge on any atom is -0.480 e. The molecule has 0 aromatic carbocycles. The van der Waals surface area contributed by atoms with Crippen molar-refractivity contribution in [2.75, 3.05) is 6.54 Å². The molecule has 0 rings (SSSR count). The summed E-state index contributed by atoms with van der Waals surface area (Å²) in [7, 11) is 0. The van der Waals surface area contributed by atoms with Gasteiger partial charge in [-0.1, -0.05) is 13.3 Å². The van der Waals surface area contributed by atoms with E-state index in [4.69, 9.17) is 10.8 Å². The van der Waals surface area contributed by atoms with Crippen molar-refractivity contribution in [3.8, 4) is 0 Å². The highest BCUT2D eigenvalue weighted by Gasteiger charge is 2.20. The third kappa shape index (κ3) is 4.56. The van der Waals surface area contributed by atoms with E-state index in [0.717, 1.165) is 0 Å². The molecule has 4 N–H and O–H groups in total. The molecular formula is C8H14N2O4. The maximum absolute atomic E-state index is 11.1. The number of Topliss-reactive ketones (excluding diaryl/α,β-unsaturated/α-hetero) is 1. The molecule has 80 valence electrons. The van der Waals surface area contributed by atoms with Crippen LogP contribution in [0, 0.1) is 0 Å². The predicted molar refractivity (Wildman–Crippen MR) is 48.5 cm³/mol. The van der Waals surface area contributed by atoms with Gasteiger partial charge in [-0.15, -0.1) is 0 Å². The highest BCUT2D eigenvalue weighted by atomic mass is 16.4. The summed E-state index contributed by atoms with van der Waals surface area (Å²) in [4.78, 5) is 32.1. The number of carbonyl (C=O) groups excluding carboxylic acids is 2. The minimum absolute atomic E-state index is 0.416. The maximum Gasteiger partial charge on any atom is 0.322 e. The fourth-order valence-electron chi connectivity index (χ4n) is 0.853. The highest BCUT2D eigenvalue weighted by molar-refractivity contribution is 6.38. The van der Waals surface area contributed by atoms with Crippen LogP contribution in [0.5, 0.6) is 0 Å². The molecule has 6 nitrogen and oxygen atoms in total. The fourth-order valence-corrected chi connectivity index (χ4v) is 0.853. The summed E-state index contributed by atoms with van der Waals surface area (Å²) in [5.41, 5.74) is 5.38. The molecule has 14 heavy (non-hydrogen) atoms. The van der Waals surface area contributed by atoms with Crippen molar-refractivity contribution in [3.05, 3.63) is 0 Å². The van der Waals surface area contributed by atoms with Gasteiger partial charge in [0.1, 0.15) is 6.54 Å². The molecule has 0 fully saturated rings. The number of nitrogens with one attached hydrogen (secondary N) is 1. The van der Waals surface area contributed by atoms with Crippen LogP contribution in [-0.4, -0.2) is 35.4 Å². The SMILES string of the molecule is CCCC(N)C(=O)C(=O)NCC(=O)O. The highest BCUT2D eigenvalue weighted by Crippen LogP contribution is 1.94. The van der Waals surface area contributed by atoms with Crippen molar-refractivity contribution in [2.24, 2.45) is 5.73 Å². The van der Waals surface area contributed by atoms with Gasteiger partial charge in [-0.2, -0.15) is 0 Å². The number of nitrogens with two attached hydrogens (primary N) is 1. The molecule has 0 spiro atoms. The zero-order chi connectivity index (χ0) is 11.1. The molecule has 0 saturated carbocycles. The van der Waals surface area contributed by atoms with Crippen molar-refractivity contribution >= 4 is 17.7 Å². The first kappa shape index (κ1) is 12.6. The van der Waals surface area contributed by atoms with Crippen LogP contribution in [0.3, 0.4) is 0 Å². The Bertz CT molecular complexity index is 239. The number of ketones is 1. The van der Waals surface area contributed by atoms with E-state index in [0.29, 0.717) is 12.8 Å². The van der Waals surface area contributed by atoms with E-state index < -0.39 is 30.2 Å². The quantitative estimate of drug-likeness (QED) is 0.473. The molecule has 0 aromatic heterocycles. The van der Waals surface area contributed by atoms with E-state index in [2.05, 4.69) is 0 Å². The van der Waals surface area contributed by atoms with Gasteiger partial charge >= 0.3 is 5.97 Å². The third-order valence-corrected chi connectivity index (χ3v) is 1.56. The maximum atomic E-state index is 11.1. The zero-order valence-corrected chi connectivity index (χ0v) is 7.95. The first-order valence-corrected chi connectivity index (χ1v) is 4.28. The largest absolute Gasteiger partial charge is 0.480 e. The van der Waals surface area contributed by atoms with Crippen LogP contribution < -0.4 is 11.1 Å². The van der Waals surface area contributed by atoms with Gasteiger partial charge in [0, 0.05) is 0 Å². The molecule has 1 unspecified atom stereocenters. The second-order valence-corrected chi connectivity index (χ2v) is 2.84. The Kier molecular flexibility index (Phi) is 5.47. The summed E-state index contributed by atoms with van der Waals surface area (Å²) in [6, 6.07) is -0.839. The zero-order valence-electron chi connectivity index (χ0n) is 7.95. The lowest BCUT2D eigenvalue weighted by Gasteiger charge is -2.07. The average Bonchev–Trinajstić information content (AvgIpc) is 2.13. The third-order valence-electron chi connectivity index (χ3n) is 1.56. The van der Waals surface area contributed by atoms with E-state index in [9.17, 15) is 14.4 Å². The Morgan fingerprint density at radius 2 is 2.00 bits per heavy atom. The average molecular weight is 202 g/mol. The van der Waals surface area contributed by atoms with Gasteiger partial charge in [-0.25, -0.2) is 0 Å². The second-order valence-electron chi connectivity index (χ2n) is 2.84. The number of carboxylic acids is 1. The molecule has 0 radical (unpaired) electrons. The smallest absolute Gasteiger partial charge is 0.322 e. The van der Waals surface area contributed by atoms with Gasteiger partial charge in [-0.05, 0) is 6.42 Å². The van der Waals surface area contributed by atoms with Crippen LogP contribution in [-0.2, 0) is 14.4 Å². The molecular weight excluding hydrogens is 188 g/mol. The minimum atomic E-state index is -1.20. The normalized spacial score (nSPS) is 11.9. The van der Waals surface area contributed by atoms with Crippen molar-refractivity contribution in [1.82, 2.24) is 5.32 Å². The summed E-state index contributed by atoms with van der Waals surface area (Å²) in [6.07, 6.45) is 1.11.